The van der Waals surface area contributed by atoms with Gasteiger partial charge in [0.2, 0.25) is 5.89 Å². The first kappa shape index (κ1) is 15.7. The zero-order chi connectivity index (χ0) is 16.0. The predicted octanol–water partition coefficient (Wildman–Crippen LogP) is 4.76. The van der Waals surface area contributed by atoms with Gasteiger partial charge in [0.1, 0.15) is 0 Å². The second kappa shape index (κ2) is 5.44. The summed E-state index contributed by atoms with van der Waals surface area (Å²) in [4.78, 5) is 4.68. The van der Waals surface area contributed by atoms with Gasteiger partial charge in [0.15, 0.2) is 5.01 Å². The van der Waals surface area contributed by atoms with Crippen LogP contribution in [-0.2, 0) is 12.8 Å². The van der Waals surface area contributed by atoms with Crippen molar-refractivity contribution in [3.05, 3.63) is 17.0 Å². The minimum atomic E-state index is 0.148. The summed E-state index contributed by atoms with van der Waals surface area (Å²) in [7, 11) is 0. The fourth-order valence-electron chi connectivity index (χ4n) is 3.31. The van der Waals surface area contributed by atoms with Crippen LogP contribution in [0.25, 0.3) is 10.9 Å². The smallest absolute Gasteiger partial charge is 0.276 e. The summed E-state index contributed by atoms with van der Waals surface area (Å²) in [6.45, 7) is 11.2. The number of nitrogens with zero attached hydrogens (tertiary/aromatic N) is 3. The lowest BCUT2D eigenvalue weighted by molar-refractivity contribution is 0.0964. The molecule has 2 aromatic rings. The summed E-state index contributed by atoms with van der Waals surface area (Å²) in [6, 6.07) is 0. The Morgan fingerprint density at radius 3 is 2.64 bits per heavy atom. The molecule has 0 saturated heterocycles. The van der Waals surface area contributed by atoms with Crippen LogP contribution in [0.4, 0.5) is 0 Å². The van der Waals surface area contributed by atoms with Crippen molar-refractivity contribution in [1.29, 1.82) is 0 Å². The van der Waals surface area contributed by atoms with E-state index in [-0.39, 0.29) is 5.41 Å². The molecule has 1 aliphatic rings. The molecule has 1 fully saturated rings. The van der Waals surface area contributed by atoms with Crippen LogP contribution in [0, 0.1) is 16.7 Å². The topological polar surface area (TPSA) is 51.8 Å². The van der Waals surface area contributed by atoms with E-state index in [1.54, 1.807) is 11.3 Å². The largest absolute Gasteiger partial charge is 0.419 e. The van der Waals surface area contributed by atoms with Crippen LogP contribution in [0.2, 0.25) is 0 Å². The molecule has 0 atom stereocenters. The predicted molar refractivity (Wildman–Crippen MR) is 88.8 cm³/mol. The van der Waals surface area contributed by atoms with Gasteiger partial charge in [-0.3, -0.25) is 0 Å². The fourth-order valence-corrected chi connectivity index (χ4v) is 4.06. The maximum absolute atomic E-state index is 5.76. The standard InChI is InChI=1S/C17H25N3OS/c1-16(2,3)9-13-19-20-14(21-13)15-18-12(10-22-15)6-11-7-17(4,5)8-11/h10-11H,6-9H2,1-5H3. The number of hydrogen-bond donors (Lipinski definition) is 0. The van der Waals surface area contributed by atoms with Crippen molar-refractivity contribution in [2.45, 2.75) is 60.3 Å². The molecule has 3 rings (SSSR count). The lowest BCUT2D eigenvalue weighted by Crippen LogP contribution is -2.32. The highest BCUT2D eigenvalue weighted by Crippen LogP contribution is 2.46. The van der Waals surface area contributed by atoms with Crippen molar-refractivity contribution in [3.63, 3.8) is 0 Å². The second-order valence-corrected chi connectivity index (χ2v) is 9.38. The van der Waals surface area contributed by atoms with Gasteiger partial charge < -0.3 is 4.42 Å². The third-order valence-electron chi connectivity index (χ3n) is 4.06. The molecule has 2 heterocycles. The summed E-state index contributed by atoms with van der Waals surface area (Å²) >= 11 is 1.60. The molecule has 5 heteroatoms. The molecular formula is C17H25N3OS. The van der Waals surface area contributed by atoms with Crippen molar-refractivity contribution in [2.24, 2.45) is 16.7 Å². The lowest BCUT2D eigenvalue weighted by Gasteiger charge is -2.42. The monoisotopic (exact) mass is 319 g/mol. The van der Waals surface area contributed by atoms with Gasteiger partial charge in [-0.25, -0.2) is 4.98 Å². The van der Waals surface area contributed by atoms with E-state index in [1.807, 2.05) is 0 Å². The molecule has 120 valence electrons. The Labute approximate surface area is 136 Å². The maximum Gasteiger partial charge on any atom is 0.276 e. The molecule has 0 bridgehead atoms. The Balaban J connectivity index is 1.64. The average molecular weight is 319 g/mol. The zero-order valence-corrected chi connectivity index (χ0v) is 15.0. The van der Waals surface area contributed by atoms with E-state index in [9.17, 15) is 0 Å². The molecule has 1 saturated carbocycles. The van der Waals surface area contributed by atoms with Crippen LogP contribution < -0.4 is 0 Å². The van der Waals surface area contributed by atoms with E-state index in [4.69, 9.17) is 4.42 Å². The molecule has 2 aromatic heterocycles. The molecule has 0 spiro atoms. The maximum atomic E-state index is 5.76. The van der Waals surface area contributed by atoms with Gasteiger partial charge in [-0.2, -0.15) is 0 Å². The van der Waals surface area contributed by atoms with Gasteiger partial charge in [0.25, 0.3) is 5.89 Å². The Kier molecular flexibility index (Phi) is 3.87. The number of rotatable bonds is 4. The van der Waals surface area contributed by atoms with E-state index in [1.165, 1.54) is 12.8 Å². The summed E-state index contributed by atoms with van der Waals surface area (Å²) in [6.07, 6.45) is 4.46. The molecule has 0 aliphatic heterocycles. The van der Waals surface area contributed by atoms with Crippen LogP contribution in [0.15, 0.2) is 9.80 Å². The molecule has 1 aliphatic carbocycles. The molecule has 0 amide bonds. The van der Waals surface area contributed by atoms with Crippen molar-refractivity contribution < 1.29 is 4.42 Å². The minimum Gasteiger partial charge on any atom is -0.419 e. The van der Waals surface area contributed by atoms with Crippen LogP contribution >= 0.6 is 11.3 Å². The Morgan fingerprint density at radius 1 is 1.27 bits per heavy atom. The van der Waals surface area contributed by atoms with Crippen LogP contribution in [0.5, 0.6) is 0 Å². The normalized spacial score (nSPS) is 18.4. The molecule has 0 unspecified atom stereocenters. The van der Waals surface area contributed by atoms with Crippen LogP contribution in [0.1, 0.15) is 59.0 Å². The van der Waals surface area contributed by atoms with Crippen molar-refractivity contribution >= 4 is 11.3 Å². The van der Waals surface area contributed by atoms with Gasteiger partial charge in [-0.1, -0.05) is 34.6 Å². The quantitative estimate of drug-likeness (QED) is 0.815. The molecule has 0 N–H and O–H groups in total. The van der Waals surface area contributed by atoms with Gasteiger partial charge in [-0.05, 0) is 36.0 Å². The average Bonchev–Trinajstić information content (AvgIpc) is 2.93. The van der Waals surface area contributed by atoms with Crippen molar-refractivity contribution in [1.82, 2.24) is 15.2 Å². The SMILES string of the molecule is CC(C)(C)Cc1nnc(-c2nc(CC3CC(C)(C)C3)cs2)o1. The molecule has 0 aromatic carbocycles. The lowest BCUT2D eigenvalue weighted by atomic mass is 9.63. The summed E-state index contributed by atoms with van der Waals surface area (Å²) in [5, 5.41) is 11.3. The summed E-state index contributed by atoms with van der Waals surface area (Å²) in [5.74, 6) is 2.04. The third-order valence-corrected chi connectivity index (χ3v) is 4.94. The number of aromatic nitrogens is 3. The van der Waals surface area contributed by atoms with E-state index < -0.39 is 0 Å². The van der Waals surface area contributed by atoms with E-state index in [2.05, 4.69) is 55.2 Å². The highest BCUT2D eigenvalue weighted by atomic mass is 32.1. The van der Waals surface area contributed by atoms with Gasteiger partial charge in [0.05, 0.1) is 5.69 Å². The Morgan fingerprint density at radius 2 is 2.00 bits per heavy atom. The fraction of sp³-hybridized carbons (Fsp3) is 0.706. The van der Waals surface area contributed by atoms with Crippen molar-refractivity contribution in [2.75, 3.05) is 0 Å². The second-order valence-electron chi connectivity index (χ2n) is 8.52. The summed E-state index contributed by atoms with van der Waals surface area (Å²) < 4.78 is 5.76. The van der Waals surface area contributed by atoms with Gasteiger partial charge >= 0.3 is 0 Å². The van der Waals surface area contributed by atoms with E-state index in [0.717, 1.165) is 29.5 Å². The first-order valence-corrected chi connectivity index (χ1v) is 8.85. The third kappa shape index (κ3) is 3.75. The molecule has 0 radical (unpaired) electrons. The van der Waals surface area contributed by atoms with Gasteiger partial charge in [0, 0.05) is 11.8 Å². The van der Waals surface area contributed by atoms with Crippen molar-refractivity contribution in [3.8, 4) is 10.9 Å². The summed E-state index contributed by atoms with van der Waals surface area (Å²) in [5.41, 5.74) is 1.84. The first-order valence-electron chi connectivity index (χ1n) is 7.97. The molecule has 4 nitrogen and oxygen atoms in total. The highest BCUT2D eigenvalue weighted by molar-refractivity contribution is 7.13. The Bertz CT molecular complexity index is 643. The molecular weight excluding hydrogens is 294 g/mol. The first-order chi connectivity index (χ1) is 10.2. The van der Waals surface area contributed by atoms with E-state index in [0.29, 0.717) is 17.2 Å². The zero-order valence-electron chi connectivity index (χ0n) is 14.1. The van der Waals surface area contributed by atoms with Crippen LogP contribution in [-0.4, -0.2) is 15.2 Å². The number of hydrogen-bond acceptors (Lipinski definition) is 5. The molecule has 22 heavy (non-hydrogen) atoms. The Hall–Kier alpha value is -1.23. The van der Waals surface area contributed by atoms with E-state index >= 15 is 0 Å². The van der Waals surface area contributed by atoms with Crippen LogP contribution in [0.3, 0.4) is 0 Å². The number of thiazole rings is 1. The highest BCUT2D eigenvalue weighted by Gasteiger charge is 2.36. The minimum absolute atomic E-state index is 0.148. The van der Waals surface area contributed by atoms with Gasteiger partial charge in [-0.15, -0.1) is 21.5 Å².